The number of hydrogen-bond acceptors (Lipinski definition) is 9. The number of aliphatic hydroxyl groups excluding tert-OH is 1. The molecule has 0 saturated carbocycles. The predicted molar refractivity (Wildman–Crippen MR) is 149 cm³/mol. The highest BCUT2D eigenvalue weighted by Gasteiger charge is 2.38. The molecular weight excluding hydrogens is 573 g/mol. The van der Waals surface area contributed by atoms with E-state index in [-0.39, 0.29) is 30.9 Å². The first-order valence-corrected chi connectivity index (χ1v) is 13.4. The van der Waals surface area contributed by atoms with Crippen molar-refractivity contribution >= 4 is 23.3 Å². The van der Waals surface area contributed by atoms with Gasteiger partial charge in [0.1, 0.15) is 17.2 Å². The summed E-state index contributed by atoms with van der Waals surface area (Å²) in [6.07, 6.45) is -4.90. The summed E-state index contributed by atoms with van der Waals surface area (Å²) in [7, 11) is 2.87. The molecular formula is C29H29F3N4O7. The topological polar surface area (TPSA) is 123 Å². The maximum absolute atomic E-state index is 14.4. The van der Waals surface area contributed by atoms with Gasteiger partial charge in [-0.2, -0.15) is 23.0 Å². The lowest BCUT2D eigenvalue weighted by Crippen LogP contribution is -2.38. The number of aromatic nitrogens is 2. The van der Waals surface area contributed by atoms with Crippen molar-refractivity contribution in [3.05, 3.63) is 57.9 Å². The molecule has 1 saturated heterocycles. The van der Waals surface area contributed by atoms with Crippen LogP contribution in [-0.2, 0) is 26.9 Å². The van der Waals surface area contributed by atoms with Crippen molar-refractivity contribution in [2.45, 2.75) is 32.0 Å². The third kappa shape index (κ3) is 5.87. The van der Waals surface area contributed by atoms with E-state index >= 15 is 0 Å². The Bertz CT molecular complexity index is 1620. The van der Waals surface area contributed by atoms with Crippen molar-refractivity contribution in [2.24, 2.45) is 0 Å². The molecule has 3 aromatic rings. The van der Waals surface area contributed by atoms with Crippen LogP contribution in [0.3, 0.4) is 0 Å². The second-order valence-corrected chi connectivity index (χ2v) is 10.2. The number of alkyl halides is 3. The number of aliphatic hydroxyl groups is 1. The second-order valence-electron chi connectivity index (χ2n) is 10.2. The van der Waals surface area contributed by atoms with Crippen molar-refractivity contribution in [1.29, 1.82) is 0 Å². The molecule has 5 rings (SSSR count). The maximum Gasteiger partial charge on any atom is 0.418 e. The second kappa shape index (κ2) is 11.6. The van der Waals surface area contributed by atoms with Gasteiger partial charge in [0.2, 0.25) is 0 Å². The highest BCUT2D eigenvalue weighted by Crippen LogP contribution is 2.39. The summed E-state index contributed by atoms with van der Waals surface area (Å²) in [6.45, 7) is 1.11. The van der Waals surface area contributed by atoms with Gasteiger partial charge in [0.25, 0.3) is 11.5 Å². The largest absolute Gasteiger partial charge is 0.497 e. The minimum atomic E-state index is -4.86. The van der Waals surface area contributed by atoms with E-state index in [1.165, 1.54) is 26.4 Å². The van der Waals surface area contributed by atoms with Gasteiger partial charge in [-0.3, -0.25) is 14.4 Å². The lowest BCUT2D eigenvalue weighted by Gasteiger charge is -2.23. The number of hydrogen-bond donors (Lipinski definition) is 1. The lowest BCUT2D eigenvalue weighted by molar-refractivity contribution is -0.145. The Balaban J connectivity index is 1.78. The predicted octanol–water partition coefficient (Wildman–Crippen LogP) is 2.96. The van der Waals surface area contributed by atoms with Crippen LogP contribution in [0, 0.1) is 0 Å². The van der Waals surface area contributed by atoms with Crippen LogP contribution < -0.4 is 24.8 Å². The highest BCUT2D eigenvalue weighted by molar-refractivity contribution is 5.98. The molecule has 11 nitrogen and oxygen atoms in total. The summed E-state index contributed by atoms with van der Waals surface area (Å²) < 4.78 is 59.3. The van der Waals surface area contributed by atoms with E-state index < -0.39 is 47.6 Å². The molecule has 1 amide bonds. The molecule has 3 heterocycles. The molecule has 0 spiro atoms. The number of amides is 1. The molecule has 1 atom stereocenters. The molecule has 2 aromatic carbocycles. The van der Waals surface area contributed by atoms with Crippen LogP contribution in [-0.4, -0.2) is 73.3 Å². The van der Waals surface area contributed by atoms with Crippen molar-refractivity contribution in [1.82, 2.24) is 9.78 Å². The Morgan fingerprint density at radius 2 is 1.77 bits per heavy atom. The zero-order chi connectivity index (χ0) is 31.1. The fourth-order valence-corrected chi connectivity index (χ4v) is 5.34. The van der Waals surface area contributed by atoms with E-state index in [1.807, 2.05) is 0 Å². The molecule has 0 unspecified atom stereocenters. The Morgan fingerprint density at radius 3 is 2.35 bits per heavy atom. The Hall–Kier alpha value is -4.59. The molecule has 0 bridgehead atoms. The molecule has 1 N–H and O–H groups in total. The number of halogens is 3. The van der Waals surface area contributed by atoms with E-state index in [1.54, 1.807) is 23.1 Å². The minimum Gasteiger partial charge on any atom is -0.497 e. The number of esters is 1. The number of ether oxygens (including phenoxy) is 3. The first-order valence-electron chi connectivity index (χ1n) is 13.4. The smallest absolute Gasteiger partial charge is 0.418 e. The van der Waals surface area contributed by atoms with E-state index in [0.29, 0.717) is 46.0 Å². The Morgan fingerprint density at radius 1 is 1.07 bits per heavy atom. The number of benzene rings is 2. The summed E-state index contributed by atoms with van der Waals surface area (Å²) in [5, 5.41) is 14.5. The molecule has 1 aromatic heterocycles. The van der Waals surface area contributed by atoms with Gasteiger partial charge in [0.05, 0.1) is 37.3 Å². The number of fused-ring (bicyclic) bond motifs is 1. The summed E-state index contributed by atoms with van der Waals surface area (Å²) >= 11 is 0. The average molecular weight is 603 g/mol. The quantitative estimate of drug-likeness (QED) is 0.407. The lowest BCUT2D eigenvalue weighted by atomic mass is 10.0. The number of β-amino-alcohol motifs (C(OH)–C–C–N with tert-alkyl or cyclic N) is 1. The zero-order valence-electron chi connectivity index (χ0n) is 23.6. The number of methoxy groups -OCH3 is 2. The molecule has 2 aliphatic rings. The van der Waals surface area contributed by atoms with Crippen molar-refractivity contribution in [2.75, 3.05) is 50.3 Å². The van der Waals surface area contributed by atoms with E-state index in [4.69, 9.17) is 14.2 Å². The molecule has 0 aliphatic carbocycles. The monoisotopic (exact) mass is 602 g/mol. The van der Waals surface area contributed by atoms with Crippen molar-refractivity contribution in [3.63, 3.8) is 0 Å². The fraction of sp³-hybridized carbons (Fsp3) is 0.379. The molecule has 43 heavy (non-hydrogen) atoms. The molecule has 1 fully saturated rings. The van der Waals surface area contributed by atoms with Crippen LogP contribution >= 0.6 is 0 Å². The van der Waals surface area contributed by atoms with Crippen LogP contribution in [0.25, 0.3) is 16.9 Å². The normalized spacial score (nSPS) is 16.3. The first-order chi connectivity index (χ1) is 20.4. The SMILES string of the molecule is COc1cc(OC)cc(-c2nn(-c3cc(N4CC[C@H](O)C4)ccc3C(F)(F)F)c(=O)c3c2CCN3C(=O)COC(C)=O)c1. The van der Waals surface area contributed by atoms with Gasteiger partial charge in [0, 0.05) is 49.4 Å². The van der Waals surface area contributed by atoms with Gasteiger partial charge < -0.3 is 29.1 Å². The molecule has 2 aliphatic heterocycles. The van der Waals surface area contributed by atoms with Gasteiger partial charge in [-0.15, -0.1) is 0 Å². The number of carbonyl (C=O) groups is 2. The van der Waals surface area contributed by atoms with E-state index in [0.717, 1.165) is 17.9 Å². The standard InChI is InChI=1S/C29H29F3N4O7/c1-16(37)43-15-25(39)35-9-7-22-26(17-10-20(41-2)13-21(11-17)42-3)33-36(28(40)27(22)35)24-12-18(34-8-6-19(38)14-34)4-5-23(24)29(30,31)32/h4-5,10-13,19,38H,6-9,14-15H2,1-3H3/t19-/m0/s1. The maximum atomic E-state index is 14.4. The minimum absolute atomic E-state index is 0.0162. The van der Waals surface area contributed by atoms with E-state index in [9.17, 15) is 32.7 Å². The molecule has 0 radical (unpaired) electrons. The Labute approximate surface area is 244 Å². The summed E-state index contributed by atoms with van der Waals surface area (Å²) in [4.78, 5) is 41.3. The van der Waals surface area contributed by atoms with E-state index in [2.05, 4.69) is 5.10 Å². The summed E-state index contributed by atoms with van der Waals surface area (Å²) in [5.74, 6) is -0.681. The zero-order valence-corrected chi connectivity index (χ0v) is 23.6. The van der Waals surface area contributed by atoms with Crippen LogP contribution in [0.5, 0.6) is 11.5 Å². The number of carbonyl (C=O) groups excluding carboxylic acids is 2. The fourth-order valence-electron chi connectivity index (χ4n) is 5.34. The highest BCUT2D eigenvalue weighted by atomic mass is 19.4. The van der Waals surface area contributed by atoms with Gasteiger partial charge in [-0.25, -0.2) is 0 Å². The van der Waals surface area contributed by atoms with Crippen LogP contribution in [0.15, 0.2) is 41.2 Å². The first kappa shape index (κ1) is 29.9. The van der Waals surface area contributed by atoms with Crippen LogP contribution in [0.2, 0.25) is 0 Å². The van der Waals surface area contributed by atoms with Gasteiger partial charge >= 0.3 is 12.1 Å². The third-order valence-corrected chi connectivity index (χ3v) is 7.39. The van der Waals surface area contributed by atoms with Gasteiger partial charge in [0.15, 0.2) is 6.61 Å². The van der Waals surface area contributed by atoms with Crippen molar-refractivity contribution in [3.8, 4) is 28.4 Å². The van der Waals surface area contributed by atoms with Gasteiger partial charge in [-0.05, 0) is 43.2 Å². The molecule has 228 valence electrons. The average Bonchev–Trinajstić information content (AvgIpc) is 3.62. The van der Waals surface area contributed by atoms with Crippen LogP contribution in [0.4, 0.5) is 24.5 Å². The molecule has 14 heteroatoms. The summed E-state index contributed by atoms with van der Waals surface area (Å²) in [5.41, 5.74) is -1.57. The van der Waals surface area contributed by atoms with Crippen molar-refractivity contribution < 1.29 is 42.1 Å². The Kier molecular flexibility index (Phi) is 8.06. The number of anilines is 2. The third-order valence-electron chi connectivity index (χ3n) is 7.39. The summed E-state index contributed by atoms with van der Waals surface area (Å²) in [6, 6.07) is 8.15. The van der Waals surface area contributed by atoms with Crippen LogP contribution in [0.1, 0.15) is 24.5 Å². The van der Waals surface area contributed by atoms with Gasteiger partial charge in [-0.1, -0.05) is 0 Å². The number of rotatable bonds is 7. The number of nitrogens with zero attached hydrogens (tertiary/aromatic N) is 4.